The fourth-order valence-electron chi connectivity index (χ4n) is 3.31. The third kappa shape index (κ3) is 3.83. The second-order valence-corrected chi connectivity index (χ2v) is 6.75. The van der Waals surface area contributed by atoms with Crippen LogP contribution in [0.4, 0.5) is 0 Å². The van der Waals surface area contributed by atoms with E-state index in [9.17, 15) is 0 Å². The largest absolute Gasteiger partial charge is 0.319 e. The Morgan fingerprint density at radius 1 is 1.28 bits per heavy atom. The lowest BCUT2D eigenvalue weighted by atomic mass is 9.72. The first-order valence-electron chi connectivity index (χ1n) is 7.08. The second-order valence-electron chi connectivity index (χ2n) is 5.83. The molecule has 1 aromatic carbocycles. The molecule has 1 saturated carbocycles. The molecule has 1 aliphatic carbocycles. The molecule has 2 rings (SSSR count). The number of hydrogen-bond acceptors (Lipinski definition) is 1. The number of hydrogen-bond donors (Lipinski definition) is 1. The van der Waals surface area contributed by atoms with E-state index < -0.39 is 0 Å². The first kappa shape index (κ1) is 14.1. The summed E-state index contributed by atoms with van der Waals surface area (Å²) in [6.07, 6.45) is 5.41. The van der Waals surface area contributed by atoms with Crippen LogP contribution in [0, 0.1) is 17.8 Å². The van der Waals surface area contributed by atoms with Gasteiger partial charge in [-0.2, -0.15) is 0 Å². The summed E-state index contributed by atoms with van der Waals surface area (Å²) in [5, 5.41) is 3.37. The van der Waals surface area contributed by atoms with Gasteiger partial charge in [-0.15, -0.1) is 0 Å². The molecule has 2 heteroatoms. The lowest BCUT2D eigenvalue weighted by Gasteiger charge is -2.35. The van der Waals surface area contributed by atoms with Crippen LogP contribution in [0.2, 0.25) is 0 Å². The van der Waals surface area contributed by atoms with Crippen molar-refractivity contribution >= 4 is 15.9 Å². The lowest BCUT2D eigenvalue weighted by molar-refractivity contribution is 0.186. The Morgan fingerprint density at radius 3 is 2.83 bits per heavy atom. The van der Waals surface area contributed by atoms with E-state index in [2.05, 4.69) is 59.5 Å². The molecule has 1 fully saturated rings. The highest BCUT2D eigenvalue weighted by Crippen LogP contribution is 2.35. The van der Waals surface area contributed by atoms with Crippen molar-refractivity contribution in [2.24, 2.45) is 17.8 Å². The van der Waals surface area contributed by atoms with Gasteiger partial charge in [0.1, 0.15) is 0 Å². The summed E-state index contributed by atoms with van der Waals surface area (Å²) in [7, 11) is 2.08. The van der Waals surface area contributed by atoms with Crippen molar-refractivity contribution in [2.45, 2.75) is 32.6 Å². The number of nitrogens with one attached hydrogen (secondary N) is 1. The zero-order valence-corrected chi connectivity index (χ0v) is 13.0. The summed E-state index contributed by atoms with van der Waals surface area (Å²) in [6, 6.07) is 8.80. The minimum Gasteiger partial charge on any atom is -0.319 e. The summed E-state index contributed by atoms with van der Waals surface area (Å²) < 4.78 is 1.20. The van der Waals surface area contributed by atoms with Gasteiger partial charge in [0.25, 0.3) is 0 Å². The van der Waals surface area contributed by atoms with Crippen LogP contribution in [-0.4, -0.2) is 13.6 Å². The average Bonchev–Trinajstić information content (AvgIpc) is 2.33. The summed E-state index contributed by atoms with van der Waals surface area (Å²) in [4.78, 5) is 0. The predicted octanol–water partition coefficient (Wildman–Crippen LogP) is 4.26. The Labute approximate surface area is 119 Å². The molecule has 0 spiro atoms. The first-order chi connectivity index (χ1) is 8.69. The highest BCUT2D eigenvalue weighted by Gasteiger charge is 2.28. The van der Waals surface area contributed by atoms with Gasteiger partial charge in [-0.3, -0.25) is 0 Å². The molecule has 1 aromatic rings. The van der Waals surface area contributed by atoms with Gasteiger partial charge in [0.05, 0.1) is 0 Å². The molecule has 1 N–H and O–H groups in total. The van der Waals surface area contributed by atoms with Gasteiger partial charge < -0.3 is 5.32 Å². The molecule has 18 heavy (non-hydrogen) atoms. The van der Waals surface area contributed by atoms with Crippen LogP contribution in [0.5, 0.6) is 0 Å². The van der Waals surface area contributed by atoms with Crippen molar-refractivity contribution in [1.29, 1.82) is 0 Å². The molecule has 0 heterocycles. The van der Waals surface area contributed by atoms with Crippen LogP contribution in [-0.2, 0) is 6.42 Å². The summed E-state index contributed by atoms with van der Waals surface area (Å²) in [5.41, 5.74) is 1.48. The van der Waals surface area contributed by atoms with Gasteiger partial charge in [0, 0.05) is 4.47 Å². The monoisotopic (exact) mass is 309 g/mol. The Morgan fingerprint density at radius 2 is 2.11 bits per heavy atom. The van der Waals surface area contributed by atoms with E-state index in [0.29, 0.717) is 0 Å². The number of benzene rings is 1. The van der Waals surface area contributed by atoms with Crippen LogP contribution in [0.3, 0.4) is 0 Å². The molecule has 1 nitrogen and oxygen atoms in total. The number of halogens is 1. The fourth-order valence-corrected chi connectivity index (χ4v) is 3.76. The van der Waals surface area contributed by atoms with Crippen LogP contribution in [0.1, 0.15) is 31.7 Å². The third-order valence-electron chi connectivity index (χ3n) is 4.26. The molecular weight excluding hydrogens is 286 g/mol. The van der Waals surface area contributed by atoms with Gasteiger partial charge in [0.15, 0.2) is 0 Å². The standard InChI is InChI=1S/C16H24BrN/c1-12-6-7-14(11-18-2)15(8-12)9-13-4-3-5-16(17)10-13/h3-5,10,12,14-15,18H,6-9,11H2,1-2H3. The van der Waals surface area contributed by atoms with Crippen molar-refractivity contribution in [1.82, 2.24) is 5.32 Å². The van der Waals surface area contributed by atoms with E-state index >= 15 is 0 Å². The molecule has 3 unspecified atom stereocenters. The molecule has 100 valence electrons. The molecule has 0 aliphatic heterocycles. The number of rotatable bonds is 4. The quantitative estimate of drug-likeness (QED) is 0.876. The van der Waals surface area contributed by atoms with Crippen LogP contribution in [0.25, 0.3) is 0 Å². The SMILES string of the molecule is CNCC1CCC(C)CC1Cc1cccc(Br)c1. The molecule has 0 amide bonds. The second kappa shape index (κ2) is 6.72. The Kier molecular flexibility index (Phi) is 5.25. The Balaban J connectivity index is 2.03. The van der Waals surface area contributed by atoms with Crippen molar-refractivity contribution in [3.05, 3.63) is 34.3 Å². The normalized spacial score (nSPS) is 28.3. The minimum atomic E-state index is 0.843. The molecule has 0 bridgehead atoms. The van der Waals surface area contributed by atoms with Gasteiger partial charge >= 0.3 is 0 Å². The van der Waals surface area contributed by atoms with Crippen LogP contribution in [0.15, 0.2) is 28.7 Å². The zero-order chi connectivity index (χ0) is 13.0. The van der Waals surface area contributed by atoms with E-state index in [1.165, 1.54) is 42.3 Å². The Hall–Kier alpha value is -0.340. The molecular formula is C16H24BrN. The fraction of sp³-hybridized carbons (Fsp3) is 0.625. The topological polar surface area (TPSA) is 12.0 Å². The zero-order valence-electron chi connectivity index (χ0n) is 11.5. The highest BCUT2D eigenvalue weighted by molar-refractivity contribution is 9.10. The molecule has 0 saturated heterocycles. The maximum Gasteiger partial charge on any atom is 0.0177 e. The van der Waals surface area contributed by atoms with Crippen LogP contribution >= 0.6 is 15.9 Å². The molecule has 0 aromatic heterocycles. The maximum absolute atomic E-state index is 3.57. The van der Waals surface area contributed by atoms with Crippen molar-refractivity contribution in [2.75, 3.05) is 13.6 Å². The third-order valence-corrected chi connectivity index (χ3v) is 4.75. The van der Waals surface area contributed by atoms with Gasteiger partial charge in [0.2, 0.25) is 0 Å². The van der Waals surface area contributed by atoms with Crippen molar-refractivity contribution in [3.63, 3.8) is 0 Å². The maximum atomic E-state index is 3.57. The lowest BCUT2D eigenvalue weighted by Crippen LogP contribution is -2.32. The van der Waals surface area contributed by atoms with E-state index in [1.807, 2.05) is 0 Å². The van der Waals surface area contributed by atoms with Crippen molar-refractivity contribution < 1.29 is 0 Å². The summed E-state index contributed by atoms with van der Waals surface area (Å²) >= 11 is 3.57. The minimum absolute atomic E-state index is 0.843. The van der Waals surface area contributed by atoms with Crippen molar-refractivity contribution in [3.8, 4) is 0 Å². The predicted molar refractivity (Wildman–Crippen MR) is 81.8 cm³/mol. The van der Waals surface area contributed by atoms with E-state index in [-0.39, 0.29) is 0 Å². The van der Waals surface area contributed by atoms with Crippen LogP contribution < -0.4 is 5.32 Å². The summed E-state index contributed by atoms with van der Waals surface area (Å²) in [6.45, 7) is 3.58. The first-order valence-corrected chi connectivity index (χ1v) is 7.87. The molecule has 3 atom stereocenters. The highest BCUT2D eigenvalue weighted by atomic mass is 79.9. The van der Waals surface area contributed by atoms with E-state index in [1.54, 1.807) is 0 Å². The van der Waals surface area contributed by atoms with Gasteiger partial charge in [-0.1, -0.05) is 41.4 Å². The van der Waals surface area contributed by atoms with E-state index in [0.717, 1.165) is 17.8 Å². The Bertz CT molecular complexity index is 377. The molecule has 1 aliphatic rings. The molecule has 0 radical (unpaired) electrons. The summed E-state index contributed by atoms with van der Waals surface area (Å²) in [5.74, 6) is 2.59. The average molecular weight is 310 g/mol. The smallest absolute Gasteiger partial charge is 0.0177 e. The van der Waals surface area contributed by atoms with Gasteiger partial charge in [-0.05, 0) is 68.3 Å². The van der Waals surface area contributed by atoms with E-state index in [4.69, 9.17) is 0 Å². The van der Waals surface area contributed by atoms with Gasteiger partial charge in [-0.25, -0.2) is 0 Å².